The number of hydrogen-bond acceptors (Lipinski definition) is 3. The van der Waals surface area contributed by atoms with Crippen molar-refractivity contribution in [3.63, 3.8) is 0 Å². The number of benzene rings is 1. The molecule has 0 aliphatic carbocycles. The standard InChI is InChI=1S/C16H24N2O2S/c1-12-11-13(21-16(2,3)4)5-6-14(12)17-15(19)18-7-9-20-10-8-18/h5-6,11H,7-10H2,1-4H3,(H,17,19). The van der Waals surface area contributed by atoms with Crippen molar-refractivity contribution in [1.29, 1.82) is 0 Å². The van der Waals surface area contributed by atoms with Crippen LogP contribution in [0.25, 0.3) is 0 Å². The quantitative estimate of drug-likeness (QED) is 0.846. The van der Waals surface area contributed by atoms with Crippen molar-refractivity contribution >= 4 is 23.5 Å². The molecule has 2 amide bonds. The van der Waals surface area contributed by atoms with Gasteiger partial charge in [0.1, 0.15) is 0 Å². The van der Waals surface area contributed by atoms with Gasteiger partial charge in [-0.2, -0.15) is 0 Å². The molecule has 0 aromatic heterocycles. The molecule has 0 spiro atoms. The van der Waals surface area contributed by atoms with Crippen molar-refractivity contribution in [3.05, 3.63) is 23.8 Å². The lowest BCUT2D eigenvalue weighted by molar-refractivity contribution is 0.0564. The molecule has 1 aromatic carbocycles. The Kier molecular flexibility index (Phi) is 5.17. The van der Waals surface area contributed by atoms with Gasteiger partial charge in [-0.3, -0.25) is 0 Å². The molecule has 4 nitrogen and oxygen atoms in total. The molecule has 5 heteroatoms. The molecule has 21 heavy (non-hydrogen) atoms. The molecule has 1 aliphatic rings. The zero-order chi connectivity index (χ0) is 15.5. The van der Waals surface area contributed by atoms with Crippen LogP contribution in [0.3, 0.4) is 0 Å². The van der Waals surface area contributed by atoms with Crippen LogP contribution in [-0.4, -0.2) is 42.0 Å². The largest absolute Gasteiger partial charge is 0.378 e. The number of ether oxygens (including phenoxy) is 1. The molecule has 0 saturated carbocycles. The van der Waals surface area contributed by atoms with E-state index in [9.17, 15) is 4.79 Å². The number of urea groups is 1. The van der Waals surface area contributed by atoms with E-state index in [4.69, 9.17) is 4.74 Å². The van der Waals surface area contributed by atoms with Gasteiger partial charge in [0.2, 0.25) is 0 Å². The van der Waals surface area contributed by atoms with E-state index < -0.39 is 0 Å². The summed E-state index contributed by atoms with van der Waals surface area (Å²) in [7, 11) is 0. The van der Waals surface area contributed by atoms with Crippen molar-refractivity contribution in [3.8, 4) is 0 Å². The maximum absolute atomic E-state index is 12.2. The molecule has 0 bridgehead atoms. The van der Waals surface area contributed by atoms with Crippen LogP contribution in [0.15, 0.2) is 23.1 Å². The lowest BCUT2D eigenvalue weighted by Gasteiger charge is -2.27. The first-order valence-corrected chi connectivity index (χ1v) is 8.10. The van der Waals surface area contributed by atoms with Crippen LogP contribution in [0.4, 0.5) is 10.5 Å². The fourth-order valence-electron chi connectivity index (χ4n) is 2.15. The Bertz CT molecular complexity index is 505. The maximum atomic E-state index is 12.2. The number of carbonyl (C=O) groups excluding carboxylic acids is 1. The molecule has 116 valence electrons. The van der Waals surface area contributed by atoms with Gasteiger partial charge in [0.15, 0.2) is 0 Å². The molecule has 1 N–H and O–H groups in total. The second-order valence-electron chi connectivity index (χ2n) is 6.22. The fraction of sp³-hybridized carbons (Fsp3) is 0.562. The lowest BCUT2D eigenvalue weighted by Crippen LogP contribution is -2.43. The molecule has 2 rings (SSSR count). The second kappa shape index (κ2) is 6.71. The molecule has 1 aliphatic heterocycles. The number of anilines is 1. The number of rotatable bonds is 2. The van der Waals surface area contributed by atoms with Crippen LogP contribution in [0.1, 0.15) is 26.3 Å². The smallest absolute Gasteiger partial charge is 0.322 e. The van der Waals surface area contributed by atoms with Crippen molar-refractivity contribution in [2.45, 2.75) is 37.3 Å². The van der Waals surface area contributed by atoms with E-state index in [1.54, 1.807) is 4.90 Å². The van der Waals surface area contributed by atoms with Crippen molar-refractivity contribution < 1.29 is 9.53 Å². The van der Waals surface area contributed by atoms with E-state index in [0.29, 0.717) is 26.3 Å². The highest BCUT2D eigenvalue weighted by Crippen LogP contribution is 2.33. The lowest BCUT2D eigenvalue weighted by atomic mass is 10.2. The molecular formula is C16H24N2O2S. The molecule has 1 fully saturated rings. The Morgan fingerprint density at radius 3 is 2.52 bits per heavy atom. The number of nitrogens with zero attached hydrogens (tertiary/aromatic N) is 1. The van der Waals surface area contributed by atoms with Crippen molar-refractivity contribution in [1.82, 2.24) is 4.90 Å². The summed E-state index contributed by atoms with van der Waals surface area (Å²) in [6, 6.07) is 6.14. The third-order valence-electron chi connectivity index (χ3n) is 3.16. The van der Waals surface area contributed by atoms with Crippen molar-refractivity contribution in [2.75, 3.05) is 31.6 Å². The van der Waals surface area contributed by atoms with E-state index >= 15 is 0 Å². The van der Waals surface area contributed by atoms with Gasteiger partial charge < -0.3 is 15.0 Å². The van der Waals surface area contributed by atoms with E-state index in [1.165, 1.54) is 4.90 Å². The van der Waals surface area contributed by atoms with Crippen LogP contribution in [0.2, 0.25) is 0 Å². The Morgan fingerprint density at radius 1 is 1.29 bits per heavy atom. The number of morpholine rings is 1. The minimum atomic E-state index is -0.0439. The first kappa shape index (κ1) is 16.2. The predicted molar refractivity (Wildman–Crippen MR) is 88.2 cm³/mol. The predicted octanol–water partition coefficient (Wildman–Crippen LogP) is 3.75. The SMILES string of the molecule is Cc1cc(SC(C)(C)C)ccc1NC(=O)N1CCOCC1. The highest BCUT2D eigenvalue weighted by molar-refractivity contribution is 8.00. The zero-order valence-corrected chi connectivity index (χ0v) is 14.0. The van der Waals surface area contributed by atoms with Gasteiger partial charge in [0, 0.05) is 28.4 Å². The average Bonchev–Trinajstić information content (AvgIpc) is 2.41. The van der Waals surface area contributed by atoms with E-state index in [1.807, 2.05) is 24.8 Å². The molecule has 0 atom stereocenters. The van der Waals surface area contributed by atoms with E-state index in [0.717, 1.165) is 11.3 Å². The summed E-state index contributed by atoms with van der Waals surface area (Å²) in [5, 5.41) is 2.99. The van der Waals surface area contributed by atoms with Crippen molar-refractivity contribution in [2.24, 2.45) is 0 Å². The molecule has 1 saturated heterocycles. The zero-order valence-electron chi connectivity index (χ0n) is 13.2. The van der Waals surface area contributed by atoms with Gasteiger partial charge >= 0.3 is 6.03 Å². The van der Waals surface area contributed by atoms with E-state index in [2.05, 4.69) is 38.2 Å². The highest BCUT2D eigenvalue weighted by Gasteiger charge is 2.18. The number of carbonyl (C=O) groups is 1. The van der Waals surface area contributed by atoms with Crippen LogP contribution in [0, 0.1) is 6.92 Å². The number of nitrogens with one attached hydrogen (secondary N) is 1. The average molecular weight is 308 g/mol. The van der Waals surface area contributed by atoms with Crippen LogP contribution in [-0.2, 0) is 4.74 Å². The normalized spacial score (nSPS) is 15.9. The topological polar surface area (TPSA) is 41.6 Å². The number of aryl methyl sites for hydroxylation is 1. The van der Waals surface area contributed by atoms with Crippen LogP contribution >= 0.6 is 11.8 Å². The fourth-order valence-corrected chi connectivity index (χ4v) is 3.23. The van der Waals surface area contributed by atoms with Gasteiger partial charge in [-0.25, -0.2) is 4.79 Å². The third kappa shape index (κ3) is 4.93. The third-order valence-corrected chi connectivity index (χ3v) is 4.26. The summed E-state index contributed by atoms with van der Waals surface area (Å²) in [5.74, 6) is 0. The highest BCUT2D eigenvalue weighted by atomic mass is 32.2. The van der Waals surface area contributed by atoms with Gasteiger partial charge in [0.25, 0.3) is 0 Å². The first-order valence-electron chi connectivity index (χ1n) is 7.28. The Labute approximate surface area is 131 Å². The first-order chi connectivity index (χ1) is 9.85. The van der Waals surface area contributed by atoms with Gasteiger partial charge in [-0.15, -0.1) is 11.8 Å². The minimum Gasteiger partial charge on any atom is -0.378 e. The minimum absolute atomic E-state index is 0.0439. The van der Waals surface area contributed by atoms with Gasteiger partial charge in [0.05, 0.1) is 13.2 Å². The van der Waals surface area contributed by atoms with E-state index in [-0.39, 0.29) is 10.8 Å². The van der Waals surface area contributed by atoms with Crippen LogP contribution < -0.4 is 5.32 Å². The number of hydrogen-bond donors (Lipinski definition) is 1. The summed E-state index contributed by atoms with van der Waals surface area (Å²) in [6.07, 6.45) is 0. The molecule has 1 heterocycles. The Hall–Kier alpha value is -1.20. The number of amides is 2. The summed E-state index contributed by atoms with van der Waals surface area (Å²) in [6.45, 7) is 11.2. The summed E-state index contributed by atoms with van der Waals surface area (Å²) in [4.78, 5) is 15.2. The van der Waals surface area contributed by atoms with Gasteiger partial charge in [-0.1, -0.05) is 20.8 Å². The Balaban J connectivity index is 2.02. The summed E-state index contributed by atoms with van der Waals surface area (Å²) < 4.78 is 5.45. The summed E-state index contributed by atoms with van der Waals surface area (Å²) in [5.41, 5.74) is 1.97. The maximum Gasteiger partial charge on any atom is 0.322 e. The molecule has 1 aromatic rings. The summed E-state index contributed by atoms with van der Waals surface area (Å²) >= 11 is 1.83. The Morgan fingerprint density at radius 2 is 1.95 bits per heavy atom. The molecule has 0 radical (unpaired) electrons. The molecular weight excluding hydrogens is 284 g/mol. The molecule has 0 unspecified atom stereocenters. The monoisotopic (exact) mass is 308 g/mol. The number of thioether (sulfide) groups is 1. The van der Waals surface area contributed by atoms with Crippen LogP contribution in [0.5, 0.6) is 0 Å². The second-order valence-corrected chi connectivity index (χ2v) is 8.12. The van der Waals surface area contributed by atoms with Gasteiger partial charge in [-0.05, 0) is 30.7 Å².